The van der Waals surface area contributed by atoms with Gasteiger partial charge in [-0.3, -0.25) is 0 Å². The number of hydrogen-bond donors (Lipinski definition) is 0. The number of furan rings is 1. The van der Waals surface area contributed by atoms with Crippen molar-refractivity contribution in [2.45, 2.75) is 19.8 Å². The fraction of sp³-hybridized carbons (Fsp3) is 0.231. The highest BCUT2D eigenvalue weighted by atomic mass is 16.3. The summed E-state index contributed by atoms with van der Waals surface area (Å²) in [6.07, 6.45) is 1.79. The topological polar surface area (TPSA) is 13.1 Å². The van der Waals surface area contributed by atoms with E-state index in [1.165, 1.54) is 10.9 Å². The third kappa shape index (κ3) is 1.25. The van der Waals surface area contributed by atoms with Crippen molar-refractivity contribution in [1.82, 2.24) is 0 Å². The summed E-state index contributed by atoms with van der Waals surface area (Å²) in [4.78, 5) is 0. The van der Waals surface area contributed by atoms with Gasteiger partial charge in [-0.05, 0) is 18.1 Å². The predicted molar refractivity (Wildman–Crippen MR) is 60.4 cm³/mol. The first-order valence-electron chi connectivity index (χ1n) is 4.88. The summed E-state index contributed by atoms with van der Waals surface area (Å²) >= 11 is 0. The van der Waals surface area contributed by atoms with Crippen LogP contribution < -0.4 is 0 Å². The van der Waals surface area contributed by atoms with Gasteiger partial charge in [0.2, 0.25) is 0 Å². The molecule has 0 spiro atoms. The molecule has 1 nitrogen and oxygen atoms in total. The summed E-state index contributed by atoms with van der Waals surface area (Å²) in [5.41, 5.74) is 2.21. The highest BCUT2D eigenvalue weighted by molar-refractivity contribution is 5.85. The van der Waals surface area contributed by atoms with Gasteiger partial charge in [0.15, 0.2) is 0 Å². The zero-order valence-corrected chi connectivity index (χ0v) is 8.58. The Morgan fingerprint density at radius 3 is 2.64 bits per heavy atom. The molecule has 1 aromatic heterocycles. The van der Waals surface area contributed by atoms with Crippen LogP contribution in [0.15, 0.2) is 35.3 Å². The van der Waals surface area contributed by atoms with Crippen molar-refractivity contribution in [1.29, 1.82) is 0 Å². The average molecular weight is 186 g/mol. The lowest BCUT2D eigenvalue weighted by molar-refractivity contribution is 0.594. The fourth-order valence-electron chi connectivity index (χ4n) is 1.83. The lowest BCUT2D eigenvalue weighted by atomic mass is 9.99. The van der Waals surface area contributed by atoms with Crippen LogP contribution in [0.25, 0.3) is 17.0 Å². The maximum absolute atomic E-state index is 5.69. The van der Waals surface area contributed by atoms with Gasteiger partial charge in [0.1, 0.15) is 11.3 Å². The Balaban J connectivity index is 2.80. The quantitative estimate of drug-likeness (QED) is 0.685. The molecule has 0 atom stereocenters. The molecule has 1 heteroatoms. The minimum atomic E-state index is 0.464. The SMILES string of the molecule is C=Cc1oc2ccccc2c1C(C)C. The molecular weight excluding hydrogens is 172 g/mol. The van der Waals surface area contributed by atoms with Crippen LogP contribution >= 0.6 is 0 Å². The standard InChI is InChI=1S/C13H14O/c1-4-11-13(9(2)3)10-7-5-6-8-12(10)14-11/h4-9H,1H2,2-3H3. The summed E-state index contributed by atoms with van der Waals surface area (Å²) in [6.45, 7) is 8.12. The molecule has 0 unspecified atom stereocenters. The maximum atomic E-state index is 5.69. The number of hydrogen-bond acceptors (Lipinski definition) is 1. The highest BCUT2D eigenvalue weighted by Crippen LogP contribution is 2.32. The number of rotatable bonds is 2. The molecule has 0 amide bonds. The van der Waals surface area contributed by atoms with E-state index in [0.717, 1.165) is 11.3 Å². The lowest BCUT2D eigenvalue weighted by Crippen LogP contribution is -1.87. The first kappa shape index (κ1) is 9.07. The van der Waals surface area contributed by atoms with Gasteiger partial charge < -0.3 is 4.42 Å². The lowest BCUT2D eigenvalue weighted by Gasteiger charge is -2.02. The summed E-state index contributed by atoms with van der Waals surface area (Å²) < 4.78 is 5.69. The van der Waals surface area contributed by atoms with Crippen LogP contribution in [0.3, 0.4) is 0 Å². The Morgan fingerprint density at radius 2 is 2.00 bits per heavy atom. The van der Waals surface area contributed by atoms with Gasteiger partial charge in [-0.25, -0.2) is 0 Å². The summed E-state index contributed by atoms with van der Waals surface area (Å²) in [5.74, 6) is 1.37. The van der Waals surface area contributed by atoms with E-state index in [2.05, 4.69) is 26.5 Å². The van der Waals surface area contributed by atoms with E-state index in [1.54, 1.807) is 6.08 Å². The van der Waals surface area contributed by atoms with Crippen molar-refractivity contribution < 1.29 is 4.42 Å². The summed E-state index contributed by atoms with van der Waals surface area (Å²) in [7, 11) is 0. The van der Waals surface area contributed by atoms with E-state index in [0.29, 0.717) is 5.92 Å². The van der Waals surface area contributed by atoms with E-state index in [4.69, 9.17) is 4.42 Å². The molecule has 2 aromatic rings. The number of para-hydroxylation sites is 1. The largest absolute Gasteiger partial charge is 0.456 e. The Kier molecular flexibility index (Phi) is 2.16. The van der Waals surface area contributed by atoms with E-state index >= 15 is 0 Å². The molecule has 0 radical (unpaired) electrons. The molecule has 0 bridgehead atoms. The molecule has 14 heavy (non-hydrogen) atoms. The Morgan fingerprint density at radius 1 is 1.29 bits per heavy atom. The van der Waals surface area contributed by atoms with E-state index in [-0.39, 0.29) is 0 Å². The zero-order valence-electron chi connectivity index (χ0n) is 8.58. The molecule has 0 saturated carbocycles. The second-order valence-corrected chi connectivity index (χ2v) is 3.73. The van der Waals surface area contributed by atoms with Crippen LogP contribution in [0.4, 0.5) is 0 Å². The molecule has 0 N–H and O–H groups in total. The molecule has 0 saturated heterocycles. The van der Waals surface area contributed by atoms with E-state index in [9.17, 15) is 0 Å². The first-order valence-corrected chi connectivity index (χ1v) is 4.88. The third-order valence-electron chi connectivity index (χ3n) is 2.43. The van der Waals surface area contributed by atoms with Crippen molar-refractivity contribution in [3.05, 3.63) is 42.2 Å². The van der Waals surface area contributed by atoms with Crippen LogP contribution in [0.5, 0.6) is 0 Å². The summed E-state index contributed by atoms with van der Waals surface area (Å²) in [6, 6.07) is 8.12. The Labute approximate surface area is 84.0 Å². The van der Waals surface area contributed by atoms with Gasteiger partial charge in [0, 0.05) is 10.9 Å². The monoisotopic (exact) mass is 186 g/mol. The molecule has 2 rings (SSSR count). The fourth-order valence-corrected chi connectivity index (χ4v) is 1.83. The van der Waals surface area contributed by atoms with E-state index in [1.807, 2.05) is 18.2 Å². The molecular formula is C13H14O. The van der Waals surface area contributed by atoms with Crippen LogP contribution in [0.2, 0.25) is 0 Å². The van der Waals surface area contributed by atoms with Crippen molar-refractivity contribution in [3.63, 3.8) is 0 Å². The van der Waals surface area contributed by atoms with E-state index < -0.39 is 0 Å². The smallest absolute Gasteiger partial charge is 0.135 e. The van der Waals surface area contributed by atoms with Crippen LogP contribution in [0, 0.1) is 0 Å². The first-order chi connectivity index (χ1) is 6.74. The van der Waals surface area contributed by atoms with Gasteiger partial charge in [0.05, 0.1) is 0 Å². The second-order valence-electron chi connectivity index (χ2n) is 3.73. The molecule has 72 valence electrons. The normalized spacial score (nSPS) is 11.1. The van der Waals surface area contributed by atoms with Crippen molar-refractivity contribution in [2.24, 2.45) is 0 Å². The van der Waals surface area contributed by atoms with Crippen LogP contribution in [-0.2, 0) is 0 Å². The molecule has 0 aliphatic carbocycles. The predicted octanol–water partition coefficient (Wildman–Crippen LogP) is 4.20. The third-order valence-corrected chi connectivity index (χ3v) is 2.43. The molecule has 0 fully saturated rings. The minimum absolute atomic E-state index is 0.464. The average Bonchev–Trinajstić information content (AvgIpc) is 2.55. The number of benzene rings is 1. The Bertz CT molecular complexity index is 463. The minimum Gasteiger partial charge on any atom is -0.456 e. The molecule has 1 heterocycles. The van der Waals surface area contributed by atoms with Crippen LogP contribution in [-0.4, -0.2) is 0 Å². The van der Waals surface area contributed by atoms with Gasteiger partial charge in [-0.1, -0.05) is 38.6 Å². The maximum Gasteiger partial charge on any atom is 0.135 e. The van der Waals surface area contributed by atoms with Gasteiger partial charge in [-0.2, -0.15) is 0 Å². The summed E-state index contributed by atoms with van der Waals surface area (Å²) in [5, 5.41) is 1.21. The van der Waals surface area contributed by atoms with Crippen molar-refractivity contribution >= 4 is 17.0 Å². The van der Waals surface area contributed by atoms with Crippen LogP contribution in [0.1, 0.15) is 31.1 Å². The molecule has 0 aliphatic rings. The van der Waals surface area contributed by atoms with Gasteiger partial charge >= 0.3 is 0 Å². The van der Waals surface area contributed by atoms with Gasteiger partial charge in [0.25, 0.3) is 0 Å². The number of fused-ring (bicyclic) bond motifs is 1. The van der Waals surface area contributed by atoms with Crippen molar-refractivity contribution in [3.8, 4) is 0 Å². The molecule has 1 aromatic carbocycles. The van der Waals surface area contributed by atoms with Gasteiger partial charge in [-0.15, -0.1) is 0 Å². The molecule has 0 aliphatic heterocycles. The Hall–Kier alpha value is -1.50. The van der Waals surface area contributed by atoms with Crippen molar-refractivity contribution in [2.75, 3.05) is 0 Å². The highest BCUT2D eigenvalue weighted by Gasteiger charge is 2.13. The zero-order chi connectivity index (χ0) is 10.1. The second kappa shape index (κ2) is 3.33.